The van der Waals surface area contributed by atoms with Crippen LogP contribution in [0.3, 0.4) is 0 Å². The molecule has 0 aliphatic rings. The summed E-state index contributed by atoms with van der Waals surface area (Å²) in [6, 6.07) is 0. The first-order valence-electron chi connectivity index (χ1n) is 8.09. The molecule has 172 valence electrons. The van der Waals surface area contributed by atoms with E-state index in [-0.39, 0.29) is 30.5 Å². The normalized spacial score (nSPS) is 11.6. The largest absolute Gasteiger partial charge is 0.336 e. The number of hydrogen-bond acceptors (Lipinski definition) is 12. The third-order valence-electron chi connectivity index (χ3n) is 3.31. The fourth-order valence-corrected chi connectivity index (χ4v) is 5.86. The zero-order valence-electron chi connectivity index (χ0n) is 15.9. The van der Waals surface area contributed by atoms with Crippen LogP contribution < -0.4 is 9.44 Å². The maximum atomic E-state index is 11.7. The lowest BCUT2D eigenvalue weighted by Crippen LogP contribution is -2.12. The Kier molecular flexibility index (Phi) is 7.41. The molecular formula is C14H12Cl2N6O6S4. The van der Waals surface area contributed by atoms with Gasteiger partial charge in [-0.15, -0.1) is 22.7 Å². The van der Waals surface area contributed by atoms with Gasteiger partial charge in [-0.05, 0) is 13.8 Å². The Balaban J connectivity index is 0.000000181. The maximum Gasteiger partial charge on any atom is 0.291 e. The van der Waals surface area contributed by atoms with Crippen molar-refractivity contribution in [1.82, 2.24) is 20.3 Å². The van der Waals surface area contributed by atoms with Crippen molar-refractivity contribution in [3.63, 3.8) is 0 Å². The number of nitrogens with one attached hydrogen (secondary N) is 2. The molecule has 4 aromatic rings. The van der Waals surface area contributed by atoms with E-state index in [4.69, 9.17) is 32.2 Å². The van der Waals surface area contributed by atoms with Crippen molar-refractivity contribution in [2.45, 2.75) is 22.5 Å². The van der Waals surface area contributed by atoms with Crippen molar-refractivity contribution < 1.29 is 25.9 Å². The third-order valence-corrected chi connectivity index (χ3v) is 9.27. The smallest absolute Gasteiger partial charge is 0.291 e. The minimum atomic E-state index is -3.74. The summed E-state index contributed by atoms with van der Waals surface area (Å²) < 4.78 is 60.5. The Bertz CT molecular complexity index is 1290. The quantitative estimate of drug-likeness (QED) is 0.354. The number of halogens is 2. The molecule has 0 saturated carbocycles. The first-order chi connectivity index (χ1) is 15.0. The summed E-state index contributed by atoms with van der Waals surface area (Å²) >= 11 is 13.5. The van der Waals surface area contributed by atoms with Crippen molar-refractivity contribution in [3.8, 4) is 0 Å². The van der Waals surface area contributed by atoms with E-state index in [1.54, 1.807) is 24.6 Å². The molecule has 0 fully saturated rings. The van der Waals surface area contributed by atoms with Crippen molar-refractivity contribution in [1.29, 1.82) is 0 Å². The van der Waals surface area contributed by atoms with Gasteiger partial charge in [0, 0.05) is 23.2 Å². The molecule has 18 heteroatoms. The van der Waals surface area contributed by atoms with Crippen LogP contribution in [0.2, 0.25) is 10.0 Å². The average molecular weight is 559 g/mol. The van der Waals surface area contributed by atoms with Crippen LogP contribution in [-0.2, 0) is 20.0 Å². The molecule has 4 aromatic heterocycles. The number of thiazole rings is 2. The molecule has 0 radical (unpaired) electrons. The molecule has 12 nitrogen and oxygen atoms in total. The van der Waals surface area contributed by atoms with Crippen LogP contribution in [-0.4, -0.2) is 37.1 Å². The highest BCUT2D eigenvalue weighted by atomic mass is 35.5. The van der Waals surface area contributed by atoms with Crippen LogP contribution in [0.5, 0.6) is 0 Å². The number of aromatic nitrogens is 4. The number of anilines is 2. The standard InChI is InChI=1S/2C7H6ClN3O3S2/c2*1-4-5(8)6(14-10-4)11-16(12,13)7-9-2-3-15-7/h2*2-3,11H,1H3. The van der Waals surface area contributed by atoms with Gasteiger partial charge in [0.25, 0.3) is 31.8 Å². The van der Waals surface area contributed by atoms with Gasteiger partial charge in [0.05, 0.1) is 0 Å². The second kappa shape index (κ2) is 9.72. The van der Waals surface area contributed by atoms with E-state index in [2.05, 4.69) is 29.7 Å². The Labute approximate surface area is 199 Å². The highest BCUT2D eigenvalue weighted by molar-refractivity contribution is 7.94. The highest BCUT2D eigenvalue weighted by Gasteiger charge is 2.23. The summed E-state index contributed by atoms with van der Waals surface area (Å²) in [5.41, 5.74) is 0.831. The van der Waals surface area contributed by atoms with Crippen LogP contribution in [0.25, 0.3) is 0 Å². The number of rotatable bonds is 6. The summed E-state index contributed by atoms with van der Waals surface area (Å²) in [7, 11) is -7.48. The molecule has 0 unspecified atom stereocenters. The van der Waals surface area contributed by atoms with E-state index in [0.29, 0.717) is 11.4 Å². The number of aryl methyl sites for hydroxylation is 2. The first-order valence-corrected chi connectivity index (χ1v) is 13.6. The molecule has 0 aliphatic heterocycles. The lowest BCUT2D eigenvalue weighted by atomic mass is 10.5. The van der Waals surface area contributed by atoms with Gasteiger partial charge in [-0.2, -0.15) is 16.8 Å². The zero-order valence-corrected chi connectivity index (χ0v) is 20.7. The fourth-order valence-electron chi connectivity index (χ4n) is 1.86. The summed E-state index contributed by atoms with van der Waals surface area (Å²) in [5, 5.41) is 10.5. The maximum absolute atomic E-state index is 11.7. The van der Waals surface area contributed by atoms with Gasteiger partial charge >= 0.3 is 0 Å². The molecule has 0 saturated heterocycles. The fraction of sp³-hybridized carbons (Fsp3) is 0.143. The van der Waals surface area contributed by atoms with Crippen molar-refractivity contribution in [2.75, 3.05) is 9.44 Å². The zero-order chi connectivity index (χ0) is 23.5. The van der Waals surface area contributed by atoms with Crippen LogP contribution in [0, 0.1) is 13.8 Å². The second-order valence-electron chi connectivity index (χ2n) is 5.63. The Morgan fingerprint density at radius 2 is 1.16 bits per heavy atom. The molecule has 4 rings (SSSR count). The number of nitrogens with zero attached hydrogens (tertiary/aromatic N) is 4. The SMILES string of the molecule is Cc1noc(NS(=O)(=O)c2nccs2)c1Cl.Cc1noc(NS(=O)(=O)c2nccs2)c1Cl. The van der Waals surface area contributed by atoms with E-state index in [1.807, 2.05) is 0 Å². The van der Waals surface area contributed by atoms with E-state index in [0.717, 1.165) is 22.7 Å². The lowest BCUT2D eigenvalue weighted by Gasteiger charge is -2.00. The Morgan fingerprint density at radius 3 is 1.41 bits per heavy atom. The predicted molar refractivity (Wildman–Crippen MR) is 118 cm³/mol. The van der Waals surface area contributed by atoms with E-state index in [1.165, 1.54) is 12.4 Å². The molecular weight excluding hydrogens is 547 g/mol. The van der Waals surface area contributed by atoms with Crippen molar-refractivity contribution >= 4 is 77.7 Å². The molecule has 0 aromatic carbocycles. The summed E-state index contributed by atoms with van der Waals surface area (Å²) in [5.74, 6) is -0.205. The van der Waals surface area contributed by atoms with Gasteiger partial charge in [-0.1, -0.05) is 33.5 Å². The minimum Gasteiger partial charge on any atom is -0.336 e. The average Bonchev–Trinajstić information content (AvgIpc) is 3.53. The lowest BCUT2D eigenvalue weighted by molar-refractivity contribution is 0.430. The molecule has 0 spiro atoms. The molecule has 32 heavy (non-hydrogen) atoms. The summed E-state index contributed by atoms with van der Waals surface area (Å²) in [4.78, 5) is 7.37. The predicted octanol–water partition coefficient (Wildman–Crippen LogP) is 3.79. The van der Waals surface area contributed by atoms with Gasteiger partial charge in [0.15, 0.2) is 0 Å². The number of sulfonamides is 2. The molecule has 4 heterocycles. The Morgan fingerprint density at radius 1 is 0.781 bits per heavy atom. The topological polar surface area (TPSA) is 170 Å². The summed E-state index contributed by atoms with van der Waals surface area (Å²) in [6.07, 6.45) is 2.79. The molecule has 0 amide bonds. The number of hydrogen-bond donors (Lipinski definition) is 2. The minimum absolute atomic E-state index is 0.0578. The monoisotopic (exact) mass is 558 g/mol. The van der Waals surface area contributed by atoms with Crippen LogP contribution in [0.1, 0.15) is 11.4 Å². The van der Waals surface area contributed by atoms with Crippen LogP contribution in [0.15, 0.2) is 40.9 Å². The third kappa shape index (κ3) is 5.57. The van der Waals surface area contributed by atoms with Gasteiger partial charge in [-0.25, -0.2) is 19.4 Å². The molecule has 2 N–H and O–H groups in total. The van der Waals surface area contributed by atoms with E-state index >= 15 is 0 Å². The van der Waals surface area contributed by atoms with Crippen molar-refractivity contribution in [2.24, 2.45) is 0 Å². The van der Waals surface area contributed by atoms with Crippen LogP contribution in [0.4, 0.5) is 11.8 Å². The van der Waals surface area contributed by atoms with Gasteiger partial charge in [-0.3, -0.25) is 0 Å². The van der Waals surface area contributed by atoms with E-state index < -0.39 is 20.0 Å². The van der Waals surface area contributed by atoms with Crippen LogP contribution >= 0.6 is 45.9 Å². The van der Waals surface area contributed by atoms with Gasteiger partial charge in [0.2, 0.25) is 8.68 Å². The molecule has 0 bridgehead atoms. The highest BCUT2D eigenvalue weighted by Crippen LogP contribution is 2.28. The first kappa shape index (κ1) is 24.4. The molecule has 0 aliphatic carbocycles. The van der Waals surface area contributed by atoms with E-state index in [9.17, 15) is 16.8 Å². The summed E-state index contributed by atoms with van der Waals surface area (Å²) in [6.45, 7) is 3.21. The van der Waals surface area contributed by atoms with Gasteiger partial charge in [0.1, 0.15) is 21.4 Å². The molecule has 0 atom stereocenters. The second-order valence-corrected chi connectivity index (χ2v) is 11.9. The van der Waals surface area contributed by atoms with Gasteiger partial charge < -0.3 is 9.05 Å². The van der Waals surface area contributed by atoms with Crippen molar-refractivity contribution in [3.05, 3.63) is 44.6 Å². The Hall–Kier alpha value is -2.24.